The Hall–Kier alpha value is -2.49. The first-order valence-corrected chi connectivity index (χ1v) is 8.19. The lowest BCUT2D eigenvalue weighted by Gasteiger charge is -2.14. The number of halogens is 1. The predicted molar refractivity (Wildman–Crippen MR) is 99.1 cm³/mol. The van der Waals surface area contributed by atoms with Crippen molar-refractivity contribution in [2.45, 2.75) is 13.2 Å². The molecule has 0 atom stereocenters. The Morgan fingerprint density at radius 3 is 2.21 bits per heavy atom. The molecule has 0 aromatic heterocycles. The predicted octanol–water partition coefficient (Wildman–Crippen LogP) is 5.04. The molecule has 0 saturated carbocycles. The molecule has 3 aromatic carbocycles. The molecule has 0 amide bonds. The highest BCUT2D eigenvalue weighted by atomic mass is 35.5. The van der Waals surface area contributed by atoms with E-state index in [0.717, 1.165) is 27.6 Å². The van der Waals surface area contributed by atoms with Crippen LogP contribution in [0.25, 0.3) is 0 Å². The van der Waals surface area contributed by atoms with Gasteiger partial charge in [-0.3, -0.25) is 0 Å². The summed E-state index contributed by atoms with van der Waals surface area (Å²) >= 11 is 6.18. The molecular formula is C20H19ClN2O. The highest BCUT2D eigenvalue weighted by molar-refractivity contribution is 6.31. The van der Waals surface area contributed by atoms with Gasteiger partial charge in [-0.05, 0) is 24.3 Å². The number of hydrogen-bond donors (Lipinski definition) is 2. The van der Waals surface area contributed by atoms with E-state index < -0.39 is 0 Å². The van der Waals surface area contributed by atoms with Gasteiger partial charge in [0.25, 0.3) is 0 Å². The van der Waals surface area contributed by atoms with Crippen LogP contribution in [0.1, 0.15) is 11.1 Å². The number of benzene rings is 3. The van der Waals surface area contributed by atoms with Crippen molar-refractivity contribution in [3.63, 3.8) is 0 Å². The van der Waals surface area contributed by atoms with E-state index in [4.69, 9.17) is 16.3 Å². The summed E-state index contributed by atoms with van der Waals surface area (Å²) in [6, 6.07) is 25.7. The van der Waals surface area contributed by atoms with Gasteiger partial charge >= 0.3 is 0 Å². The number of hydrogen-bond acceptors (Lipinski definition) is 3. The average molecular weight is 339 g/mol. The zero-order chi connectivity index (χ0) is 16.6. The van der Waals surface area contributed by atoms with Gasteiger partial charge in [-0.25, -0.2) is 5.43 Å². The molecule has 0 spiro atoms. The standard InChI is InChI=1S/C20H19ClN2O/c21-19-12-6-4-9-17(19)15-24-20-13-7-5-8-16(20)14-22-23-18-10-2-1-3-11-18/h1-13,22-23H,14-15H2. The minimum Gasteiger partial charge on any atom is -0.489 e. The summed E-state index contributed by atoms with van der Waals surface area (Å²) in [5, 5.41) is 0.721. The van der Waals surface area contributed by atoms with Crippen molar-refractivity contribution in [1.82, 2.24) is 5.43 Å². The first-order chi connectivity index (χ1) is 11.8. The maximum Gasteiger partial charge on any atom is 0.124 e. The fraction of sp³-hybridized carbons (Fsp3) is 0.100. The monoisotopic (exact) mass is 338 g/mol. The van der Waals surface area contributed by atoms with E-state index in [2.05, 4.69) is 10.9 Å². The molecule has 0 bridgehead atoms. The molecule has 3 rings (SSSR count). The summed E-state index contributed by atoms with van der Waals surface area (Å²) in [5.41, 5.74) is 9.46. The Morgan fingerprint density at radius 1 is 0.750 bits per heavy atom. The molecular weight excluding hydrogens is 320 g/mol. The molecule has 0 heterocycles. The molecule has 0 unspecified atom stereocenters. The number of rotatable bonds is 7. The number of para-hydroxylation sites is 2. The maximum absolute atomic E-state index is 6.18. The van der Waals surface area contributed by atoms with Crippen LogP contribution in [0.4, 0.5) is 5.69 Å². The second-order valence-corrected chi connectivity index (χ2v) is 5.74. The van der Waals surface area contributed by atoms with Gasteiger partial charge in [-0.15, -0.1) is 0 Å². The van der Waals surface area contributed by atoms with Gasteiger partial charge in [0, 0.05) is 28.4 Å². The van der Waals surface area contributed by atoms with Crippen molar-refractivity contribution >= 4 is 17.3 Å². The summed E-state index contributed by atoms with van der Waals surface area (Å²) < 4.78 is 5.95. The van der Waals surface area contributed by atoms with Crippen LogP contribution in [0.5, 0.6) is 5.75 Å². The van der Waals surface area contributed by atoms with Crippen LogP contribution in [0.3, 0.4) is 0 Å². The summed E-state index contributed by atoms with van der Waals surface area (Å²) in [7, 11) is 0. The Kier molecular flexibility index (Phi) is 5.72. The van der Waals surface area contributed by atoms with Crippen LogP contribution < -0.4 is 15.6 Å². The quantitative estimate of drug-likeness (QED) is 0.592. The molecule has 0 radical (unpaired) electrons. The van der Waals surface area contributed by atoms with E-state index in [9.17, 15) is 0 Å². The van der Waals surface area contributed by atoms with Gasteiger partial charge in [0.1, 0.15) is 12.4 Å². The van der Waals surface area contributed by atoms with Crippen molar-refractivity contribution in [1.29, 1.82) is 0 Å². The normalized spacial score (nSPS) is 10.4. The van der Waals surface area contributed by atoms with Crippen LogP contribution in [0.15, 0.2) is 78.9 Å². The minimum absolute atomic E-state index is 0.447. The lowest BCUT2D eigenvalue weighted by Crippen LogP contribution is -2.21. The Labute approximate surface area is 147 Å². The van der Waals surface area contributed by atoms with E-state index in [1.807, 2.05) is 78.9 Å². The van der Waals surface area contributed by atoms with Crippen molar-refractivity contribution in [2.24, 2.45) is 0 Å². The second-order valence-electron chi connectivity index (χ2n) is 5.33. The van der Waals surface area contributed by atoms with E-state index in [1.165, 1.54) is 0 Å². The lowest BCUT2D eigenvalue weighted by atomic mass is 10.2. The smallest absolute Gasteiger partial charge is 0.124 e. The molecule has 0 aliphatic rings. The lowest BCUT2D eigenvalue weighted by molar-refractivity contribution is 0.302. The van der Waals surface area contributed by atoms with Gasteiger partial charge in [-0.1, -0.05) is 66.2 Å². The van der Waals surface area contributed by atoms with E-state index in [1.54, 1.807) is 0 Å². The van der Waals surface area contributed by atoms with Crippen molar-refractivity contribution in [3.05, 3.63) is 95.0 Å². The summed E-state index contributed by atoms with van der Waals surface area (Å²) in [6.07, 6.45) is 0. The molecule has 0 fully saturated rings. The summed E-state index contributed by atoms with van der Waals surface area (Å²) in [6.45, 7) is 1.09. The number of ether oxygens (including phenoxy) is 1. The van der Waals surface area contributed by atoms with Crippen LogP contribution in [0.2, 0.25) is 5.02 Å². The largest absolute Gasteiger partial charge is 0.489 e. The molecule has 0 aliphatic heterocycles. The number of anilines is 1. The second kappa shape index (κ2) is 8.39. The third kappa shape index (κ3) is 4.51. The molecule has 2 N–H and O–H groups in total. The van der Waals surface area contributed by atoms with Gasteiger partial charge in [0.05, 0.1) is 0 Å². The molecule has 3 nitrogen and oxygen atoms in total. The Balaban J connectivity index is 1.59. The Morgan fingerprint density at radius 2 is 1.42 bits per heavy atom. The fourth-order valence-corrected chi connectivity index (χ4v) is 2.51. The SMILES string of the molecule is Clc1ccccc1COc1ccccc1CNNc1ccccc1. The van der Waals surface area contributed by atoms with Crippen LogP contribution in [0, 0.1) is 0 Å². The molecule has 0 aliphatic carbocycles. The fourth-order valence-electron chi connectivity index (χ4n) is 2.32. The maximum atomic E-state index is 6.18. The van der Waals surface area contributed by atoms with Crippen LogP contribution >= 0.6 is 11.6 Å². The van der Waals surface area contributed by atoms with Gasteiger partial charge in [0.15, 0.2) is 0 Å². The third-order valence-corrected chi connectivity index (χ3v) is 3.97. The average Bonchev–Trinajstić information content (AvgIpc) is 2.63. The van der Waals surface area contributed by atoms with E-state index in [-0.39, 0.29) is 0 Å². The number of nitrogens with one attached hydrogen (secondary N) is 2. The van der Waals surface area contributed by atoms with Crippen molar-refractivity contribution in [3.8, 4) is 5.75 Å². The highest BCUT2D eigenvalue weighted by Gasteiger charge is 2.05. The molecule has 122 valence electrons. The van der Waals surface area contributed by atoms with Crippen LogP contribution in [-0.2, 0) is 13.2 Å². The first kappa shape index (κ1) is 16.4. The zero-order valence-electron chi connectivity index (χ0n) is 13.2. The van der Waals surface area contributed by atoms with Crippen molar-refractivity contribution < 1.29 is 4.74 Å². The molecule has 0 saturated heterocycles. The summed E-state index contributed by atoms with van der Waals surface area (Å²) in [4.78, 5) is 0. The van der Waals surface area contributed by atoms with E-state index in [0.29, 0.717) is 13.2 Å². The summed E-state index contributed by atoms with van der Waals surface area (Å²) in [5.74, 6) is 0.847. The van der Waals surface area contributed by atoms with Gasteiger partial charge in [0.2, 0.25) is 0 Å². The molecule has 3 aromatic rings. The first-order valence-electron chi connectivity index (χ1n) is 7.81. The zero-order valence-corrected chi connectivity index (χ0v) is 14.0. The molecule has 24 heavy (non-hydrogen) atoms. The highest BCUT2D eigenvalue weighted by Crippen LogP contribution is 2.22. The molecule has 4 heteroatoms. The third-order valence-electron chi connectivity index (χ3n) is 3.60. The van der Waals surface area contributed by atoms with Gasteiger partial charge < -0.3 is 10.2 Å². The minimum atomic E-state index is 0.447. The van der Waals surface area contributed by atoms with Crippen molar-refractivity contribution in [2.75, 3.05) is 5.43 Å². The van der Waals surface area contributed by atoms with Gasteiger partial charge in [-0.2, -0.15) is 0 Å². The number of hydrazine groups is 1. The van der Waals surface area contributed by atoms with E-state index >= 15 is 0 Å². The Bertz CT molecular complexity index is 777. The topological polar surface area (TPSA) is 33.3 Å². The van der Waals surface area contributed by atoms with Crippen LogP contribution in [-0.4, -0.2) is 0 Å².